The van der Waals surface area contributed by atoms with Crippen LogP contribution in [0.1, 0.15) is 18.1 Å². The first-order valence-corrected chi connectivity index (χ1v) is 9.03. The third-order valence-electron chi connectivity index (χ3n) is 3.80. The molecule has 2 aromatic rings. The number of hydrogen-bond acceptors (Lipinski definition) is 4. The van der Waals surface area contributed by atoms with Crippen molar-refractivity contribution in [3.63, 3.8) is 0 Å². The minimum Gasteiger partial charge on any atom is -0.494 e. The normalized spacial score (nSPS) is 10.7. The van der Waals surface area contributed by atoms with E-state index in [1.807, 2.05) is 31.2 Å². The number of benzene rings is 2. The summed E-state index contributed by atoms with van der Waals surface area (Å²) in [6.07, 6.45) is 2.25. The van der Waals surface area contributed by atoms with Gasteiger partial charge < -0.3 is 14.4 Å². The fourth-order valence-electron chi connectivity index (χ4n) is 2.33. The lowest BCUT2D eigenvalue weighted by atomic mass is 10.2. The zero-order chi connectivity index (χ0) is 20.5. The number of esters is 1. The Morgan fingerprint density at radius 2 is 1.89 bits per heavy atom. The van der Waals surface area contributed by atoms with Crippen molar-refractivity contribution in [2.24, 2.45) is 0 Å². The summed E-state index contributed by atoms with van der Waals surface area (Å²) in [7, 11) is 1.61. The predicted molar refractivity (Wildman–Crippen MR) is 105 cm³/mol. The van der Waals surface area contributed by atoms with Gasteiger partial charge in [0.2, 0.25) is 0 Å². The molecule has 0 bridgehead atoms. The van der Waals surface area contributed by atoms with Crippen LogP contribution in [0.2, 0.25) is 5.02 Å². The van der Waals surface area contributed by atoms with Gasteiger partial charge in [0.15, 0.2) is 6.61 Å². The highest BCUT2D eigenvalue weighted by atomic mass is 35.5. The lowest BCUT2D eigenvalue weighted by Gasteiger charge is -2.17. The van der Waals surface area contributed by atoms with Crippen LogP contribution in [0.3, 0.4) is 0 Å². The lowest BCUT2D eigenvalue weighted by Crippen LogP contribution is -2.30. The predicted octanol–water partition coefficient (Wildman–Crippen LogP) is 4.09. The highest BCUT2D eigenvalue weighted by molar-refractivity contribution is 6.32. The topological polar surface area (TPSA) is 55.8 Å². The number of carbonyl (C=O) groups excluding carboxylic acids is 2. The van der Waals surface area contributed by atoms with E-state index in [9.17, 15) is 14.0 Å². The molecule has 0 N–H and O–H groups in total. The average Bonchev–Trinajstić information content (AvgIpc) is 2.67. The van der Waals surface area contributed by atoms with E-state index in [1.54, 1.807) is 7.05 Å². The molecule has 0 radical (unpaired) electrons. The number of nitrogens with zero attached hydrogens (tertiary/aromatic N) is 1. The highest BCUT2D eigenvalue weighted by Crippen LogP contribution is 2.20. The molecule has 0 heterocycles. The van der Waals surface area contributed by atoms with Gasteiger partial charge in [-0.25, -0.2) is 9.18 Å². The summed E-state index contributed by atoms with van der Waals surface area (Å²) in [5.41, 5.74) is 1.000. The van der Waals surface area contributed by atoms with Crippen molar-refractivity contribution in [3.05, 3.63) is 70.5 Å². The standard InChI is InChI=1S/C21H21ClFNO4/c1-3-27-16-9-7-15(8-10-16)13-24(2)20(25)14-28-21(26)12-11-17-18(22)5-4-6-19(17)23/h4-12H,3,13-14H2,1-2H3/b12-11+. The zero-order valence-electron chi connectivity index (χ0n) is 15.7. The first-order chi connectivity index (χ1) is 13.4. The molecule has 0 spiro atoms. The van der Waals surface area contributed by atoms with E-state index >= 15 is 0 Å². The van der Waals surface area contributed by atoms with Crippen LogP contribution in [0.15, 0.2) is 48.5 Å². The maximum Gasteiger partial charge on any atom is 0.331 e. The van der Waals surface area contributed by atoms with Crippen molar-refractivity contribution in [2.45, 2.75) is 13.5 Å². The Morgan fingerprint density at radius 1 is 1.18 bits per heavy atom. The molecule has 0 atom stereocenters. The third-order valence-corrected chi connectivity index (χ3v) is 4.13. The van der Waals surface area contributed by atoms with E-state index in [1.165, 1.54) is 29.2 Å². The Balaban J connectivity index is 1.83. The third kappa shape index (κ3) is 6.39. The van der Waals surface area contributed by atoms with Crippen molar-refractivity contribution >= 4 is 29.6 Å². The minimum absolute atomic E-state index is 0.0834. The molecule has 0 saturated heterocycles. The first-order valence-electron chi connectivity index (χ1n) is 8.65. The van der Waals surface area contributed by atoms with Gasteiger partial charge in [0.1, 0.15) is 11.6 Å². The minimum atomic E-state index is -0.762. The highest BCUT2D eigenvalue weighted by Gasteiger charge is 2.12. The van der Waals surface area contributed by atoms with Crippen molar-refractivity contribution in [1.82, 2.24) is 4.90 Å². The van der Waals surface area contributed by atoms with Gasteiger partial charge in [-0.3, -0.25) is 4.79 Å². The van der Waals surface area contributed by atoms with Gasteiger partial charge in [-0.2, -0.15) is 0 Å². The molecule has 2 aromatic carbocycles. The van der Waals surface area contributed by atoms with Crippen LogP contribution in [0, 0.1) is 5.82 Å². The molecule has 0 fully saturated rings. The van der Waals surface area contributed by atoms with Crippen molar-refractivity contribution < 1.29 is 23.5 Å². The SMILES string of the molecule is CCOc1ccc(CN(C)C(=O)COC(=O)/C=C/c2c(F)cccc2Cl)cc1. The van der Waals surface area contributed by atoms with Crippen LogP contribution in [0.5, 0.6) is 5.75 Å². The van der Waals surface area contributed by atoms with Crippen LogP contribution in [0.25, 0.3) is 6.08 Å². The van der Waals surface area contributed by atoms with Crippen LogP contribution >= 0.6 is 11.6 Å². The molecule has 28 heavy (non-hydrogen) atoms. The van der Waals surface area contributed by atoms with Crippen LogP contribution in [-0.2, 0) is 20.9 Å². The van der Waals surface area contributed by atoms with E-state index < -0.39 is 18.4 Å². The molecule has 0 aliphatic heterocycles. The van der Waals surface area contributed by atoms with E-state index in [-0.39, 0.29) is 16.5 Å². The van der Waals surface area contributed by atoms with Gasteiger partial charge in [0.05, 0.1) is 11.6 Å². The van der Waals surface area contributed by atoms with Crippen molar-refractivity contribution in [3.8, 4) is 5.75 Å². The summed E-state index contributed by atoms with van der Waals surface area (Å²) in [4.78, 5) is 25.3. The number of rotatable bonds is 8. The maximum absolute atomic E-state index is 13.6. The smallest absolute Gasteiger partial charge is 0.331 e. The van der Waals surface area contributed by atoms with Crippen LogP contribution in [0.4, 0.5) is 4.39 Å². The van der Waals surface area contributed by atoms with Gasteiger partial charge in [-0.05, 0) is 42.8 Å². The Bertz CT molecular complexity index is 832. The summed E-state index contributed by atoms with van der Waals surface area (Å²) in [6.45, 7) is 2.44. The average molecular weight is 406 g/mol. The Kier molecular flexibility index (Phi) is 8.02. The molecule has 5 nitrogen and oxygen atoms in total. The van der Waals surface area contributed by atoms with Crippen LogP contribution in [-0.4, -0.2) is 37.0 Å². The number of carbonyl (C=O) groups is 2. The van der Waals surface area contributed by atoms with Gasteiger partial charge in [-0.1, -0.05) is 29.8 Å². The monoisotopic (exact) mass is 405 g/mol. The fraction of sp³-hybridized carbons (Fsp3) is 0.238. The maximum atomic E-state index is 13.6. The van der Waals surface area contributed by atoms with Gasteiger partial charge in [0.25, 0.3) is 5.91 Å². The number of halogens is 2. The van der Waals surface area contributed by atoms with Crippen molar-refractivity contribution in [2.75, 3.05) is 20.3 Å². The second-order valence-corrected chi connectivity index (χ2v) is 6.31. The summed E-state index contributed by atoms with van der Waals surface area (Å²) in [6, 6.07) is 11.6. The van der Waals surface area contributed by atoms with Gasteiger partial charge >= 0.3 is 5.97 Å². The molecule has 148 valence electrons. The molecule has 0 aliphatic rings. The van der Waals surface area contributed by atoms with Gasteiger partial charge in [0, 0.05) is 25.2 Å². The first kappa shape index (κ1) is 21.4. The van der Waals surface area contributed by atoms with E-state index in [4.69, 9.17) is 21.1 Å². The number of ether oxygens (including phenoxy) is 2. The summed E-state index contributed by atoms with van der Waals surface area (Å²) in [5.74, 6) is -0.916. The summed E-state index contributed by atoms with van der Waals surface area (Å²) < 4.78 is 23.9. The molecule has 1 amide bonds. The van der Waals surface area contributed by atoms with E-state index in [0.717, 1.165) is 17.4 Å². The Morgan fingerprint density at radius 3 is 2.54 bits per heavy atom. The van der Waals surface area contributed by atoms with Crippen molar-refractivity contribution in [1.29, 1.82) is 0 Å². The quantitative estimate of drug-likeness (QED) is 0.490. The number of likely N-dealkylation sites (N-methyl/N-ethyl adjacent to an activating group) is 1. The summed E-state index contributed by atoms with van der Waals surface area (Å²) >= 11 is 5.87. The fourth-order valence-corrected chi connectivity index (χ4v) is 2.56. The second-order valence-electron chi connectivity index (χ2n) is 5.90. The van der Waals surface area contributed by atoms with E-state index in [2.05, 4.69) is 0 Å². The molecule has 0 aromatic heterocycles. The second kappa shape index (κ2) is 10.5. The summed E-state index contributed by atoms with van der Waals surface area (Å²) in [5, 5.41) is 0.176. The van der Waals surface area contributed by atoms with Crippen LogP contribution < -0.4 is 4.74 Å². The Labute approximate surface area is 168 Å². The molecule has 2 rings (SSSR count). The molecular formula is C21H21ClFNO4. The Hall–Kier alpha value is -2.86. The number of hydrogen-bond donors (Lipinski definition) is 0. The molecule has 0 saturated carbocycles. The zero-order valence-corrected chi connectivity index (χ0v) is 16.4. The molecular weight excluding hydrogens is 385 g/mol. The molecule has 7 heteroatoms. The largest absolute Gasteiger partial charge is 0.494 e. The lowest BCUT2D eigenvalue weighted by molar-refractivity contribution is -0.147. The number of amides is 1. The molecule has 0 unspecified atom stereocenters. The van der Waals surface area contributed by atoms with E-state index in [0.29, 0.717) is 13.2 Å². The van der Waals surface area contributed by atoms with Gasteiger partial charge in [-0.15, -0.1) is 0 Å². The molecule has 0 aliphatic carbocycles.